The van der Waals surface area contributed by atoms with Gasteiger partial charge in [-0.2, -0.15) is 16.7 Å². The van der Waals surface area contributed by atoms with E-state index in [1.54, 1.807) is 13.3 Å². The molecule has 2 rings (SSSR count). The Balaban J connectivity index is 2.03. The summed E-state index contributed by atoms with van der Waals surface area (Å²) in [4.78, 5) is 8.51. The zero-order valence-corrected chi connectivity index (χ0v) is 11.5. The summed E-state index contributed by atoms with van der Waals surface area (Å²) in [5.74, 6) is 3.65. The van der Waals surface area contributed by atoms with Gasteiger partial charge >= 0.3 is 0 Å². The Kier molecular flexibility index (Phi) is 4.29. The van der Waals surface area contributed by atoms with E-state index >= 15 is 0 Å². The Labute approximate surface area is 108 Å². The third kappa shape index (κ3) is 3.01. The number of hydrogen-bond donors (Lipinski definition) is 1. The highest BCUT2D eigenvalue weighted by Gasteiger charge is 2.15. The first-order valence-corrected chi connectivity index (χ1v) is 7.15. The van der Waals surface area contributed by atoms with Gasteiger partial charge in [-0.1, -0.05) is 0 Å². The first-order valence-electron chi connectivity index (χ1n) is 5.20. The molecule has 2 heterocycles. The summed E-state index contributed by atoms with van der Waals surface area (Å²) in [5.41, 5.74) is 0. The van der Waals surface area contributed by atoms with E-state index < -0.39 is 0 Å². The second kappa shape index (κ2) is 5.72. The molecule has 16 heavy (non-hydrogen) atoms. The lowest BCUT2D eigenvalue weighted by atomic mass is 10.2. The Morgan fingerprint density at radius 3 is 2.94 bits per heavy atom. The van der Waals surface area contributed by atoms with Crippen molar-refractivity contribution in [2.75, 3.05) is 23.9 Å². The van der Waals surface area contributed by atoms with Gasteiger partial charge in [0.05, 0.1) is 17.8 Å². The van der Waals surface area contributed by atoms with Crippen LogP contribution in [0.3, 0.4) is 0 Å². The number of thioether (sulfide) groups is 1. The number of aromatic nitrogens is 2. The highest BCUT2D eigenvalue weighted by Crippen LogP contribution is 2.24. The average Bonchev–Trinajstić information content (AvgIpc) is 2.33. The molecule has 0 unspecified atom stereocenters. The maximum Gasteiger partial charge on any atom is 0.232 e. The van der Waals surface area contributed by atoms with Crippen LogP contribution >= 0.6 is 27.7 Å². The molecule has 0 aliphatic carbocycles. The minimum atomic E-state index is 0.493. The van der Waals surface area contributed by atoms with Crippen molar-refractivity contribution in [3.63, 3.8) is 0 Å². The molecule has 0 amide bonds. The van der Waals surface area contributed by atoms with Crippen LogP contribution in [-0.2, 0) is 0 Å². The normalized spacial score (nSPS) is 17.1. The SMILES string of the molecule is COc1nc(NC2CCSCC2)ncc1Br. The van der Waals surface area contributed by atoms with Crippen LogP contribution in [0.2, 0.25) is 0 Å². The second-order valence-corrected chi connectivity index (χ2v) is 5.66. The second-order valence-electron chi connectivity index (χ2n) is 3.58. The van der Waals surface area contributed by atoms with Gasteiger partial charge in [0.1, 0.15) is 0 Å². The molecule has 4 nitrogen and oxygen atoms in total. The minimum Gasteiger partial charge on any atom is -0.480 e. The highest BCUT2D eigenvalue weighted by molar-refractivity contribution is 9.10. The van der Waals surface area contributed by atoms with Crippen molar-refractivity contribution < 1.29 is 4.74 Å². The van der Waals surface area contributed by atoms with Crippen molar-refractivity contribution in [1.82, 2.24) is 9.97 Å². The molecule has 0 spiro atoms. The number of nitrogens with zero attached hydrogens (tertiary/aromatic N) is 2. The summed E-state index contributed by atoms with van der Waals surface area (Å²) < 4.78 is 5.91. The lowest BCUT2D eigenvalue weighted by Gasteiger charge is -2.22. The summed E-state index contributed by atoms with van der Waals surface area (Å²) >= 11 is 5.34. The monoisotopic (exact) mass is 303 g/mol. The molecule has 0 aromatic carbocycles. The van der Waals surface area contributed by atoms with E-state index in [9.17, 15) is 0 Å². The topological polar surface area (TPSA) is 47.0 Å². The lowest BCUT2D eigenvalue weighted by Crippen LogP contribution is -2.25. The summed E-state index contributed by atoms with van der Waals surface area (Å²) in [6.07, 6.45) is 4.06. The van der Waals surface area contributed by atoms with Crippen molar-refractivity contribution in [1.29, 1.82) is 0 Å². The number of methoxy groups -OCH3 is 1. The lowest BCUT2D eigenvalue weighted by molar-refractivity contribution is 0.394. The fourth-order valence-electron chi connectivity index (χ4n) is 1.59. The molecular weight excluding hydrogens is 290 g/mol. The van der Waals surface area contributed by atoms with Crippen LogP contribution in [0.4, 0.5) is 5.95 Å². The number of ether oxygens (including phenoxy) is 1. The number of anilines is 1. The molecule has 1 aromatic heterocycles. The summed E-state index contributed by atoms with van der Waals surface area (Å²) in [5, 5.41) is 3.35. The van der Waals surface area contributed by atoms with Gasteiger partial charge in [0, 0.05) is 6.04 Å². The van der Waals surface area contributed by atoms with Crippen molar-refractivity contribution in [2.45, 2.75) is 18.9 Å². The van der Waals surface area contributed by atoms with Gasteiger partial charge in [-0.15, -0.1) is 0 Å². The zero-order valence-electron chi connectivity index (χ0n) is 9.07. The van der Waals surface area contributed by atoms with E-state index in [1.165, 1.54) is 24.3 Å². The van der Waals surface area contributed by atoms with E-state index in [1.807, 2.05) is 11.8 Å². The van der Waals surface area contributed by atoms with Crippen LogP contribution in [0.15, 0.2) is 10.7 Å². The first kappa shape index (κ1) is 12.0. The molecular formula is C10H14BrN3OS. The molecule has 0 saturated carbocycles. The van der Waals surface area contributed by atoms with Crippen molar-refractivity contribution in [3.8, 4) is 5.88 Å². The largest absolute Gasteiger partial charge is 0.480 e. The maximum absolute atomic E-state index is 5.13. The van der Waals surface area contributed by atoms with Crippen LogP contribution in [-0.4, -0.2) is 34.6 Å². The zero-order chi connectivity index (χ0) is 11.4. The van der Waals surface area contributed by atoms with E-state index in [0.29, 0.717) is 17.9 Å². The molecule has 1 N–H and O–H groups in total. The van der Waals surface area contributed by atoms with Gasteiger partial charge in [-0.25, -0.2) is 4.98 Å². The first-order chi connectivity index (χ1) is 7.79. The fourth-order valence-corrected chi connectivity index (χ4v) is 3.05. The molecule has 6 heteroatoms. The summed E-state index contributed by atoms with van der Waals surface area (Å²) in [6, 6.07) is 0.493. The van der Waals surface area contributed by atoms with E-state index in [-0.39, 0.29) is 0 Å². The van der Waals surface area contributed by atoms with Crippen molar-refractivity contribution in [3.05, 3.63) is 10.7 Å². The predicted octanol–water partition coefficient (Wildman–Crippen LogP) is 2.56. The minimum absolute atomic E-state index is 0.493. The molecule has 1 saturated heterocycles. The molecule has 1 aromatic rings. The molecule has 88 valence electrons. The maximum atomic E-state index is 5.13. The standard InChI is InChI=1S/C10H14BrN3OS/c1-15-9-8(11)6-12-10(14-9)13-7-2-4-16-5-3-7/h6-7H,2-5H2,1H3,(H,12,13,14). The van der Waals surface area contributed by atoms with Crippen molar-refractivity contribution in [2.24, 2.45) is 0 Å². The van der Waals surface area contributed by atoms with Crippen molar-refractivity contribution >= 4 is 33.6 Å². The molecule has 1 aliphatic rings. The average molecular weight is 304 g/mol. The van der Waals surface area contributed by atoms with Gasteiger partial charge < -0.3 is 10.1 Å². The molecule has 1 fully saturated rings. The molecule has 0 atom stereocenters. The summed E-state index contributed by atoms with van der Waals surface area (Å²) in [7, 11) is 1.61. The van der Waals surface area contributed by atoms with E-state index in [0.717, 1.165) is 4.47 Å². The van der Waals surface area contributed by atoms with Gasteiger partial charge in [0.25, 0.3) is 0 Å². The Hall–Kier alpha value is -0.490. The Bertz CT molecular complexity index is 358. The number of nitrogens with one attached hydrogen (secondary N) is 1. The van der Waals surface area contributed by atoms with E-state index in [4.69, 9.17) is 4.74 Å². The molecule has 0 radical (unpaired) electrons. The van der Waals surface area contributed by atoms with Crippen LogP contribution in [0.5, 0.6) is 5.88 Å². The van der Waals surface area contributed by atoms with Gasteiger partial charge in [0.2, 0.25) is 11.8 Å². The van der Waals surface area contributed by atoms with Crippen LogP contribution in [0, 0.1) is 0 Å². The van der Waals surface area contributed by atoms with Crippen LogP contribution in [0.1, 0.15) is 12.8 Å². The predicted molar refractivity (Wildman–Crippen MR) is 70.3 cm³/mol. The van der Waals surface area contributed by atoms with Crippen LogP contribution in [0.25, 0.3) is 0 Å². The number of halogens is 1. The van der Waals surface area contributed by atoms with Gasteiger partial charge in [-0.3, -0.25) is 0 Å². The summed E-state index contributed by atoms with van der Waals surface area (Å²) in [6.45, 7) is 0. The Morgan fingerprint density at radius 1 is 1.50 bits per heavy atom. The molecule has 1 aliphatic heterocycles. The smallest absolute Gasteiger partial charge is 0.232 e. The third-order valence-corrected chi connectivity index (χ3v) is 4.05. The number of hydrogen-bond acceptors (Lipinski definition) is 5. The quantitative estimate of drug-likeness (QED) is 0.930. The Morgan fingerprint density at radius 2 is 2.25 bits per heavy atom. The fraction of sp³-hybridized carbons (Fsp3) is 0.600. The molecule has 0 bridgehead atoms. The third-order valence-electron chi connectivity index (χ3n) is 2.46. The number of rotatable bonds is 3. The van der Waals surface area contributed by atoms with Gasteiger partial charge in [0.15, 0.2) is 0 Å². The van der Waals surface area contributed by atoms with Crippen LogP contribution < -0.4 is 10.1 Å². The van der Waals surface area contributed by atoms with E-state index in [2.05, 4.69) is 31.2 Å². The highest BCUT2D eigenvalue weighted by atomic mass is 79.9. The van der Waals surface area contributed by atoms with Gasteiger partial charge in [-0.05, 0) is 40.3 Å².